The quantitative estimate of drug-likeness (QED) is 0.734. The fraction of sp³-hybridized carbons (Fsp3) is 0.700. The predicted molar refractivity (Wildman–Crippen MR) is 51.7 cm³/mol. The molecule has 0 amide bonds. The first kappa shape index (κ1) is 9.68. The van der Waals surface area contributed by atoms with E-state index in [1.165, 1.54) is 6.39 Å². The number of rotatable bonds is 2. The molecule has 1 aliphatic carbocycles. The Morgan fingerprint density at radius 2 is 2.29 bits per heavy atom. The lowest BCUT2D eigenvalue weighted by Crippen LogP contribution is -2.39. The molecule has 4 heteroatoms. The van der Waals surface area contributed by atoms with Crippen molar-refractivity contribution in [1.82, 2.24) is 4.98 Å². The molecule has 0 radical (unpaired) electrons. The second-order valence-electron chi connectivity index (χ2n) is 4.08. The standard InChI is InChI=1S/C10H16N2O2/c11-6-10(9-5-12-7-14-9)3-1-8(13)2-4-10/h5,7-8,13H,1-4,6,11H2. The Bertz CT molecular complexity index is 276. The third-order valence-electron chi connectivity index (χ3n) is 3.26. The first-order valence-corrected chi connectivity index (χ1v) is 5.04. The highest BCUT2D eigenvalue weighted by Gasteiger charge is 2.37. The number of nitrogens with zero attached hydrogens (tertiary/aromatic N) is 1. The van der Waals surface area contributed by atoms with Gasteiger partial charge in [0.15, 0.2) is 6.39 Å². The maximum absolute atomic E-state index is 9.45. The highest BCUT2D eigenvalue weighted by molar-refractivity contribution is 5.12. The van der Waals surface area contributed by atoms with E-state index in [9.17, 15) is 5.11 Å². The Balaban J connectivity index is 2.19. The molecular weight excluding hydrogens is 180 g/mol. The molecule has 2 rings (SSSR count). The summed E-state index contributed by atoms with van der Waals surface area (Å²) >= 11 is 0. The van der Waals surface area contributed by atoms with Crippen molar-refractivity contribution in [3.05, 3.63) is 18.4 Å². The summed E-state index contributed by atoms with van der Waals surface area (Å²) in [5.41, 5.74) is 5.72. The van der Waals surface area contributed by atoms with Crippen LogP contribution in [0.2, 0.25) is 0 Å². The minimum Gasteiger partial charge on any atom is -0.448 e. The first-order valence-electron chi connectivity index (χ1n) is 5.04. The molecule has 1 fully saturated rings. The first-order chi connectivity index (χ1) is 6.77. The highest BCUT2D eigenvalue weighted by atomic mass is 16.3. The third kappa shape index (κ3) is 1.55. The molecule has 1 aliphatic rings. The molecule has 3 N–H and O–H groups in total. The van der Waals surface area contributed by atoms with Crippen LogP contribution in [0.4, 0.5) is 0 Å². The summed E-state index contributed by atoms with van der Waals surface area (Å²) in [7, 11) is 0. The van der Waals surface area contributed by atoms with E-state index in [4.69, 9.17) is 10.2 Å². The van der Waals surface area contributed by atoms with Gasteiger partial charge in [-0.15, -0.1) is 0 Å². The zero-order valence-electron chi connectivity index (χ0n) is 8.15. The molecule has 78 valence electrons. The second kappa shape index (κ2) is 3.71. The SMILES string of the molecule is NCC1(c2cnco2)CCC(O)CC1. The van der Waals surface area contributed by atoms with Crippen molar-refractivity contribution < 1.29 is 9.52 Å². The summed E-state index contributed by atoms with van der Waals surface area (Å²) in [6.07, 6.45) is 6.40. The van der Waals surface area contributed by atoms with Crippen LogP contribution < -0.4 is 5.73 Å². The van der Waals surface area contributed by atoms with Gasteiger partial charge in [0.1, 0.15) is 5.76 Å². The molecule has 0 unspecified atom stereocenters. The maximum atomic E-state index is 9.45. The molecule has 0 bridgehead atoms. The van der Waals surface area contributed by atoms with E-state index >= 15 is 0 Å². The van der Waals surface area contributed by atoms with Gasteiger partial charge in [-0.25, -0.2) is 4.98 Å². The van der Waals surface area contributed by atoms with Gasteiger partial charge in [0.2, 0.25) is 0 Å². The van der Waals surface area contributed by atoms with E-state index < -0.39 is 0 Å². The largest absolute Gasteiger partial charge is 0.448 e. The smallest absolute Gasteiger partial charge is 0.180 e. The molecule has 0 saturated heterocycles. The number of aromatic nitrogens is 1. The van der Waals surface area contributed by atoms with E-state index in [2.05, 4.69) is 4.98 Å². The Hall–Kier alpha value is -0.870. The van der Waals surface area contributed by atoms with E-state index in [0.717, 1.165) is 31.4 Å². The fourth-order valence-corrected chi connectivity index (χ4v) is 2.18. The lowest BCUT2D eigenvalue weighted by molar-refractivity contribution is 0.0901. The topological polar surface area (TPSA) is 72.3 Å². The molecule has 0 atom stereocenters. The van der Waals surface area contributed by atoms with Gasteiger partial charge in [0, 0.05) is 12.0 Å². The van der Waals surface area contributed by atoms with Crippen molar-refractivity contribution in [2.75, 3.05) is 6.54 Å². The average molecular weight is 196 g/mol. The van der Waals surface area contributed by atoms with Crippen LogP contribution in [0.15, 0.2) is 17.0 Å². The number of hydrogen-bond acceptors (Lipinski definition) is 4. The Kier molecular flexibility index (Phi) is 2.56. The van der Waals surface area contributed by atoms with Crippen LogP contribution in [-0.2, 0) is 5.41 Å². The molecule has 4 nitrogen and oxygen atoms in total. The molecule has 14 heavy (non-hydrogen) atoms. The van der Waals surface area contributed by atoms with Gasteiger partial charge in [-0.05, 0) is 25.7 Å². The summed E-state index contributed by atoms with van der Waals surface area (Å²) in [5.74, 6) is 0.868. The van der Waals surface area contributed by atoms with E-state index in [-0.39, 0.29) is 11.5 Å². The van der Waals surface area contributed by atoms with Crippen LogP contribution in [-0.4, -0.2) is 22.7 Å². The summed E-state index contributed by atoms with van der Waals surface area (Å²) in [6.45, 7) is 0.564. The maximum Gasteiger partial charge on any atom is 0.180 e. The van der Waals surface area contributed by atoms with Gasteiger partial charge in [-0.1, -0.05) is 0 Å². The molecule has 1 saturated carbocycles. The minimum atomic E-state index is -0.169. The molecule has 1 aromatic heterocycles. The Labute approximate surface area is 83.1 Å². The van der Waals surface area contributed by atoms with Crippen molar-refractivity contribution in [2.45, 2.75) is 37.2 Å². The molecule has 0 aromatic carbocycles. The number of oxazole rings is 1. The van der Waals surface area contributed by atoms with E-state index in [1.54, 1.807) is 6.20 Å². The number of aliphatic hydroxyl groups excluding tert-OH is 1. The highest BCUT2D eigenvalue weighted by Crippen LogP contribution is 2.38. The van der Waals surface area contributed by atoms with E-state index in [1.807, 2.05) is 0 Å². The zero-order valence-corrected chi connectivity index (χ0v) is 8.15. The summed E-state index contributed by atoms with van der Waals surface area (Å²) in [6, 6.07) is 0. The van der Waals surface area contributed by atoms with Crippen LogP contribution in [0.25, 0.3) is 0 Å². The minimum absolute atomic E-state index is 0.0876. The van der Waals surface area contributed by atoms with Gasteiger partial charge in [0.25, 0.3) is 0 Å². The summed E-state index contributed by atoms with van der Waals surface area (Å²) in [4.78, 5) is 3.92. The zero-order chi connectivity index (χ0) is 10.0. The van der Waals surface area contributed by atoms with Gasteiger partial charge in [-0.3, -0.25) is 0 Å². The monoisotopic (exact) mass is 196 g/mol. The number of aliphatic hydroxyl groups is 1. The van der Waals surface area contributed by atoms with Crippen molar-refractivity contribution in [2.24, 2.45) is 5.73 Å². The Morgan fingerprint density at radius 3 is 2.79 bits per heavy atom. The average Bonchev–Trinajstić information content (AvgIpc) is 2.73. The van der Waals surface area contributed by atoms with Crippen LogP contribution in [0.3, 0.4) is 0 Å². The normalized spacial score (nSPS) is 33.1. The van der Waals surface area contributed by atoms with Crippen molar-refractivity contribution in [3.63, 3.8) is 0 Å². The third-order valence-corrected chi connectivity index (χ3v) is 3.26. The van der Waals surface area contributed by atoms with Gasteiger partial charge in [-0.2, -0.15) is 0 Å². The predicted octanol–water partition coefficient (Wildman–Crippen LogP) is 0.806. The van der Waals surface area contributed by atoms with E-state index in [0.29, 0.717) is 6.54 Å². The molecular formula is C10H16N2O2. The van der Waals surface area contributed by atoms with Crippen LogP contribution in [0.5, 0.6) is 0 Å². The van der Waals surface area contributed by atoms with Gasteiger partial charge < -0.3 is 15.3 Å². The number of nitrogens with two attached hydrogens (primary N) is 1. The van der Waals surface area contributed by atoms with Gasteiger partial charge in [0.05, 0.1) is 12.3 Å². The molecule has 0 spiro atoms. The van der Waals surface area contributed by atoms with Crippen LogP contribution in [0.1, 0.15) is 31.4 Å². The summed E-state index contributed by atoms with van der Waals surface area (Å²) < 4.78 is 5.33. The van der Waals surface area contributed by atoms with Crippen molar-refractivity contribution in [1.29, 1.82) is 0 Å². The summed E-state index contributed by atoms with van der Waals surface area (Å²) in [5, 5.41) is 9.45. The van der Waals surface area contributed by atoms with Crippen molar-refractivity contribution >= 4 is 0 Å². The number of hydrogen-bond donors (Lipinski definition) is 2. The molecule has 1 heterocycles. The molecule has 1 aromatic rings. The van der Waals surface area contributed by atoms with Crippen molar-refractivity contribution in [3.8, 4) is 0 Å². The van der Waals surface area contributed by atoms with Crippen LogP contribution >= 0.6 is 0 Å². The second-order valence-corrected chi connectivity index (χ2v) is 4.08. The molecule has 0 aliphatic heterocycles. The Morgan fingerprint density at radius 1 is 1.57 bits per heavy atom. The lowest BCUT2D eigenvalue weighted by atomic mass is 9.72. The van der Waals surface area contributed by atoms with Crippen LogP contribution in [0, 0.1) is 0 Å². The van der Waals surface area contributed by atoms with Gasteiger partial charge >= 0.3 is 0 Å². The lowest BCUT2D eigenvalue weighted by Gasteiger charge is -2.35. The fourth-order valence-electron chi connectivity index (χ4n) is 2.18.